The number of carboxylic acids is 1. The fraction of sp³-hybridized carbons (Fsp3) is 0.562. The SMILES string of the molecule is Cc1ccccc1NC1(C(=O)O)CC(C)N(C2CC2)C1. The molecule has 0 spiro atoms. The second-order valence-electron chi connectivity index (χ2n) is 6.28. The van der Waals surface area contributed by atoms with Crippen molar-refractivity contribution in [3.8, 4) is 0 Å². The van der Waals surface area contributed by atoms with Crippen LogP contribution in [0.3, 0.4) is 0 Å². The van der Waals surface area contributed by atoms with Gasteiger partial charge in [-0.3, -0.25) is 4.90 Å². The maximum absolute atomic E-state index is 11.9. The van der Waals surface area contributed by atoms with Crippen LogP contribution in [0.1, 0.15) is 31.7 Å². The van der Waals surface area contributed by atoms with Crippen molar-refractivity contribution < 1.29 is 9.90 Å². The molecule has 1 aliphatic carbocycles. The third-order valence-corrected chi connectivity index (χ3v) is 4.61. The third-order valence-electron chi connectivity index (χ3n) is 4.61. The lowest BCUT2D eigenvalue weighted by molar-refractivity contribution is -0.141. The highest BCUT2D eigenvalue weighted by atomic mass is 16.4. The van der Waals surface area contributed by atoms with E-state index in [0.717, 1.165) is 11.3 Å². The summed E-state index contributed by atoms with van der Waals surface area (Å²) in [4.78, 5) is 14.2. The van der Waals surface area contributed by atoms with Gasteiger partial charge in [-0.25, -0.2) is 4.79 Å². The predicted octanol–water partition coefficient (Wildman–Crippen LogP) is 2.49. The number of carbonyl (C=O) groups is 1. The van der Waals surface area contributed by atoms with Crippen molar-refractivity contribution in [3.05, 3.63) is 29.8 Å². The van der Waals surface area contributed by atoms with Crippen LogP contribution in [0.5, 0.6) is 0 Å². The monoisotopic (exact) mass is 274 g/mol. The number of benzene rings is 1. The molecule has 1 aromatic carbocycles. The van der Waals surface area contributed by atoms with Crippen LogP contribution >= 0.6 is 0 Å². The Kier molecular flexibility index (Phi) is 3.21. The molecule has 1 saturated carbocycles. The fourth-order valence-electron chi connectivity index (χ4n) is 3.32. The number of hydrogen-bond acceptors (Lipinski definition) is 3. The molecule has 1 heterocycles. The normalized spacial score (nSPS) is 30.4. The van der Waals surface area contributed by atoms with E-state index in [0.29, 0.717) is 25.0 Å². The molecule has 2 aliphatic rings. The molecule has 0 aromatic heterocycles. The Morgan fingerprint density at radius 2 is 2.10 bits per heavy atom. The van der Waals surface area contributed by atoms with Crippen LogP contribution in [-0.2, 0) is 4.79 Å². The standard InChI is InChI=1S/C16H22N2O2/c1-11-5-3-4-6-14(11)17-16(15(19)20)9-12(2)18(10-16)13-7-8-13/h3-6,12-13,17H,7-10H2,1-2H3,(H,19,20). The number of rotatable bonds is 4. The summed E-state index contributed by atoms with van der Waals surface area (Å²) in [7, 11) is 0. The largest absolute Gasteiger partial charge is 0.479 e. The first-order valence-corrected chi connectivity index (χ1v) is 7.35. The van der Waals surface area contributed by atoms with Gasteiger partial charge in [0.05, 0.1) is 0 Å². The highest BCUT2D eigenvalue weighted by Gasteiger charge is 2.51. The predicted molar refractivity (Wildman–Crippen MR) is 79.0 cm³/mol. The Bertz CT molecular complexity index is 527. The smallest absolute Gasteiger partial charge is 0.330 e. The van der Waals surface area contributed by atoms with Crippen molar-refractivity contribution in [1.29, 1.82) is 0 Å². The molecule has 4 heteroatoms. The molecule has 108 valence electrons. The number of aryl methyl sites for hydroxylation is 1. The Balaban J connectivity index is 1.86. The maximum Gasteiger partial charge on any atom is 0.330 e. The van der Waals surface area contributed by atoms with E-state index in [-0.39, 0.29) is 0 Å². The molecule has 1 aliphatic heterocycles. The zero-order valence-electron chi connectivity index (χ0n) is 12.1. The number of para-hydroxylation sites is 1. The van der Waals surface area contributed by atoms with Crippen molar-refractivity contribution in [1.82, 2.24) is 4.90 Å². The third kappa shape index (κ3) is 2.29. The Hall–Kier alpha value is -1.55. The average Bonchev–Trinajstić information content (AvgIpc) is 3.17. The second kappa shape index (κ2) is 4.77. The Morgan fingerprint density at radius 1 is 1.40 bits per heavy atom. The molecule has 2 unspecified atom stereocenters. The quantitative estimate of drug-likeness (QED) is 0.885. The summed E-state index contributed by atoms with van der Waals surface area (Å²) in [5.74, 6) is -0.740. The summed E-state index contributed by atoms with van der Waals surface area (Å²) in [6.45, 7) is 4.75. The van der Waals surface area contributed by atoms with Crippen LogP contribution in [0.15, 0.2) is 24.3 Å². The fourth-order valence-corrected chi connectivity index (χ4v) is 3.32. The number of nitrogens with zero attached hydrogens (tertiary/aromatic N) is 1. The minimum Gasteiger partial charge on any atom is -0.479 e. The molecular weight excluding hydrogens is 252 g/mol. The Labute approximate surface area is 119 Å². The highest BCUT2D eigenvalue weighted by Crippen LogP contribution is 2.39. The van der Waals surface area contributed by atoms with Gasteiger partial charge in [0, 0.05) is 24.3 Å². The minimum absolute atomic E-state index is 0.329. The molecule has 4 nitrogen and oxygen atoms in total. The van der Waals surface area contributed by atoms with Gasteiger partial charge >= 0.3 is 5.97 Å². The number of aliphatic carboxylic acids is 1. The van der Waals surface area contributed by atoms with Crippen molar-refractivity contribution >= 4 is 11.7 Å². The highest BCUT2D eigenvalue weighted by molar-refractivity contribution is 5.84. The molecule has 2 fully saturated rings. The summed E-state index contributed by atoms with van der Waals surface area (Å²) < 4.78 is 0. The average molecular weight is 274 g/mol. The van der Waals surface area contributed by atoms with Gasteiger partial charge in [-0.15, -0.1) is 0 Å². The number of carboxylic acid groups (broad SMARTS) is 1. The van der Waals surface area contributed by atoms with Crippen molar-refractivity contribution in [2.75, 3.05) is 11.9 Å². The lowest BCUT2D eigenvalue weighted by Crippen LogP contribution is -2.49. The van der Waals surface area contributed by atoms with Crippen molar-refractivity contribution in [2.45, 2.75) is 50.7 Å². The van der Waals surface area contributed by atoms with E-state index >= 15 is 0 Å². The maximum atomic E-state index is 11.9. The van der Waals surface area contributed by atoms with E-state index in [2.05, 4.69) is 17.1 Å². The Morgan fingerprint density at radius 3 is 2.70 bits per heavy atom. The molecule has 0 radical (unpaired) electrons. The second-order valence-corrected chi connectivity index (χ2v) is 6.28. The van der Waals surface area contributed by atoms with Crippen molar-refractivity contribution in [3.63, 3.8) is 0 Å². The van der Waals surface area contributed by atoms with Crippen LogP contribution in [0, 0.1) is 6.92 Å². The molecular formula is C16H22N2O2. The van der Waals surface area contributed by atoms with Gasteiger partial charge in [-0.05, 0) is 44.7 Å². The molecule has 0 bridgehead atoms. The van der Waals surface area contributed by atoms with E-state index in [1.165, 1.54) is 12.8 Å². The van der Waals surface area contributed by atoms with Gasteiger partial charge in [0.15, 0.2) is 0 Å². The van der Waals surface area contributed by atoms with Gasteiger partial charge in [0.1, 0.15) is 5.54 Å². The summed E-state index contributed by atoms with van der Waals surface area (Å²) >= 11 is 0. The topological polar surface area (TPSA) is 52.6 Å². The zero-order valence-corrected chi connectivity index (χ0v) is 12.1. The number of hydrogen-bond donors (Lipinski definition) is 2. The van der Waals surface area contributed by atoms with Crippen LogP contribution < -0.4 is 5.32 Å². The summed E-state index contributed by atoms with van der Waals surface area (Å²) in [5.41, 5.74) is 1.17. The van der Waals surface area contributed by atoms with E-state index < -0.39 is 11.5 Å². The summed E-state index contributed by atoms with van der Waals surface area (Å²) in [6, 6.07) is 8.82. The molecule has 20 heavy (non-hydrogen) atoms. The molecule has 3 rings (SSSR count). The summed E-state index contributed by atoms with van der Waals surface area (Å²) in [6.07, 6.45) is 3.09. The first-order valence-electron chi connectivity index (χ1n) is 7.35. The number of nitrogens with one attached hydrogen (secondary N) is 1. The zero-order chi connectivity index (χ0) is 14.3. The van der Waals surface area contributed by atoms with Gasteiger partial charge in [0.2, 0.25) is 0 Å². The first-order chi connectivity index (χ1) is 9.52. The lowest BCUT2D eigenvalue weighted by atomic mass is 9.95. The first kappa shape index (κ1) is 13.4. The van der Waals surface area contributed by atoms with Gasteiger partial charge in [-0.2, -0.15) is 0 Å². The summed E-state index contributed by atoms with van der Waals surface area (Å²) in [5, 5.41) is 13.1. The van der Waals surface area contributed by atoms with Gasteiger partial charge < -0.3 is 10.4 Å². The number of likely N-dealkylation sites (tertiary alicyclic amines) is 1. The van der Waals surface area contributed by atoms with Crippen LogP contribution in [-0.4, -0.2) is 40.1 Å². The van der Waals surface area contributed by atoms with E-state index in [1.807, 2.05) is 31.2 Å². The molecule has 2 N–H and O–H groups in total. The molecule has 1 saturated heterocycles. The minimum atomic E-state index is -0.853. The molecule has 0 amide bonds. The van der Waals surface area contributed by atoms with Crippen molar-refractivity contribution in [2.24, 2.45) is 0 Å². The molecule has 2 atom stereocenters. The van der Waals surface area contributed by atoms with E-state index in [4.69, 9.17) is 0 Å². The van der Waals surface area contributed by atoms with Crippen LogP contribution in [0.2, 0.25) is 0 Å². The number of anilines is 1. The van der Waals surface area contributed by atoms with Gasteiger partial charge in [-0.1, -0.05) is 18.2 Å². The van der Waals surface area contributed by atoms with Gasteiger partial charge in [0.25, 0.3) is 0 Å². The van der Waals surface area contributed by atoms with Crippen LogP contribution in [0.25, 0.3) is 0 Å². The lowest BCUT2D eigenvalue weighted by Gasteiger charge is -2.28. The van der Waals surface area contributed by atoms with E-state index in [1.54, 1.807) is 0 Å². The van der Waals surface area contributed by atoms with Crippen LogP contribution in [0.4, 0.5) is 5.69 Å². The van der Waals surface area contributed by atoms with E-state index in [9.17, 15) is 9.90 Å². The molecule has 1 aromatic rings.